The topological polar surface area (TPSA) is 78.0 Å². The lowest BCUT2D eigenvalue weighted by Gasteiger charge is -2.34. The summed E-state index contributed by atoms with van der Waals surface area (Å²) < 4.78 is 4.82. The number of hydrogen-bond donors (Lipinski definition) is 1. The van der Waals surface area contributed by atoms with Crippen LogP contribution in [0.5, 0.6) is 0 Å². The van der Waals surface area contributed by atoms with Gasteiger partial charge in [-0.05, 0) is 42.8 Å². The first-order chi connectivity index (χ1) is 17.0. The average Bonchev–Trinajstić information content (AvgIpc) is 2.88. The highest BCUT2D eigenvalue weighted by Crippen LogP contribution is 2.35. The summed E-state index contributed by atoms with van der Waals surface area (Å²) in [6, 6.07) is 18.4. The predicted octanol–water partition coefficient (Wildman–Crippen LogP) is 5.30. The Bertz CT molecular complexity index is 1170. The molecule has 9 heteroatoms. The molecule has 1 aliphatic heterocycles. The summed E-state index contributed by atoms with van der Waals surface area (Å²) >= 11 is 6.90. The molecule has 2 aromatic carbocycles. The van der Waals surface area contributed by atoms with E-state index in [4.69, 9.17) is 16.3 Å². The van der Waals surface area contributed by atoms with Crippen LogP contribution in [0.3, 0.4) is 0 Å². The number of anilines is 3. The number of rotatable bonds is 5. The lowest BCUT2D eigenvalue weighted by Crippen LogP contribution is -2.48. The lowest BCUT2D eigenvalue weighted by atomic mass is 10.1. The molecule has 1 fully saturated rings. The van der Waals surface area contributed by atoms with Crippen molar-refractivity contribution >= 4 is 40.8 Å². The van der Waals surface area contributed by atoms with Crippen LogP contribution in [0.4, 0.5) is 26.7 Å². The number of amides is 3. The third-order valence-corrected chi connectivity index (χ3v) is 6.31. The molecule has 0 atom stereocenters. The number of urea groups is 1. The molecule has 0 spiro atoms. The standard InChI is InChI=1S/C26H28ClN5O3/c1-19-11-12-21(17-28-19)29-25(33)32(22-8-4-3-5-9-22)23-10-6-7-20(24(23)27)18-30-13-15-31(16-14-30)26(34)35-2/h3-12,17H,13-16,18H2,1-2H3,(H,29,33). The minimum Gasteiger partial charge on any atom is -0.453 e. The number of carbonyl (C=O) groups is 2. The number of nitrogens with one attached hydrogen (secondary N) is 1. The van der Waals surface area contributed by atoms with Crippen molar-refractivity contribution in [2.45, 2.75) is 13.5 Å². The van der Waals surface area contributed by atoms with E-state index in [1.807, 2.05) is 67.6 Å². The number of nitrogens with zero attached hydrogens (tertiary/aromatic N) is 4. The van der Waals surface area contributed by atoms with Gasteiger partial charge in [0.25, 0.3) is 0 Å². The van der Waals surface area contributed by atoms with Gasteiger partial charge in [-0.25, -0.2) is 9.59 Å². The summed E-state index contributed by atoms with van der Waals surface area (Å²) in [5.74, 6) is 0. The number of benzene rings is 2. The van der Waals surface area contributed by atoms with Crippen LogP contribution in [0.25, 0.3) is 0 Å². The fourth-order valence-corrected chi connectivity index (χ4v) is 4.25. The zero-order valence-electron chi connectivity index (χ0n) is 19.8. The van der Waals surface area contributed by atoms with Crippen LogP contribution < -0.4 is 10.2 Å². The van der Waals surface area contributed by atoms with Gasteiger partial charge in [0.15, 0.2) is 0 Å². The fourth-order valence-electron chi connectivity index (χ4n) is 3.98. The lowest BCUT2D eigenvalue weighted by molar-refractivity contribution is 0.0889. The van der Waals surface area contributed by atoms with Crippen molar-refractivity contribution in [3.8, 4) is 0 Å². The molecule has 35 heavy (non-hydrogen) atoms. The Balaban J connectivity index is 1.57. The van der Waals surface area contributed by atoms with E-state index in [1.165, 1.54) is 7.11 Å². The summed E-state index contributed by atoms with van der Waals surface area (Å²) in [7, 11) is 1.39. The Kier molecular flexibility index (Phi) is 7.84. The molecule has 0 saturated carbocycles. The van der Waals surface area contributed by atoms with E-state index in [2.05, 4.69) is 15.2 Å². The molecule has 1 saturated heterocycles. The van der Waals surface area contributed by atoms with Crippen LogP contribution >= 0.6 is 11.6 Å². The normalized spacial score (nSPS) is 13.9. The number of ether oxygens (including phenoxy) is 1. The second-order valence-electron chi connectivity index (χ2n) is 8.27. The smallest absolute Gasteiger partial charge is 0.409 e. The van der Waals surface area contributed by atoms with E-state index in [1.54, 1.807) is 16.0 Å². The van der Waals surface area contributed by atoms with E-state index in [0.717, 1.165) is 11.3 Å². The molecule has 3 amide bonds. The molecule has 1 aliphatic rings. The van der Waals surface area contributed by atoms with Crippen molar-refractivity contribution in [2.75, 3.05) is 43.5 Å². The fraction of sp³-hybridized carbons (Fsp3) is 0.269. The average molecular weight is 494 g/mol. The predicted molar refractivity (Wildman–Crippen MR) is 137 cm³/mol. The Morgan fingerprint density at radius 2 is 1.77 bits per heavy atom. The summed E-state index contributed by atoms with van der Waals surface area (Å²) in [5.41, 5.74) is 3.64. The zero-order chi connectivity index (χ0) is 24.8. The molecule has 1 N–H and O–H groups in total. The highest BCUT2D eigenvalue weighted by molar-refractivity contribution is 6.35. The highest BCUT2D eigenvalue weighted by Gasteiger charge is 2.25. The molecule has 0 aliphatic carbocycles. The van der Waals surface area contributed by atoms with Gasteiger partial charge in [0.05, 0.1) is 35.4 Å². The van der Waals surface area contributed by atoms with E-state index < -0.39 is 0 Å². The summed E-state index contributed by atoms with van der Waals surface area (Å²) in [5, 5.41) is 3.43. The van der Waals surface area contributed by atoms with Crippen LogP contribution in [0.15, 0.2) is 66.9 Å². The van der Waals surface area contributed by atoms with Gasteiger partial charge >= 0.3 is 12.1 Å². The molecule has 4 rings (SSSR count). The number of pyridine rings is 1. The van der Waals surface area contributed by atoms with Crippen LogP contribution in [0, 0.1) is 6.92 Å². The zero-order valence-corrected chi connectivity index (χ0v) is 20.5. The number of piperazine rings is 1. The van der Waals surface area contributed by atoms with E-state index in [9.17, 15) is 9.59 Å². The molecular formula is C26H28ClN5O3. The van der Waals surface area contributed by atoms with Gasteiger partial charge in [0, 0.05) is 38.4 Å². The third kappa shape index (κ3) is 5.90. The van der Waals surface area contributed by atoms with Crippen molar-refractivity contribution in [3.63, 3.8) is 0 Å². The molecule has 0 unspecified atom stereocenters. The minimum atomic E-state index is -0.340. The molecule has 2 heterocycles. The van der Waals surface area contributed by atoms with Gasteiger partial charge in [0.1, 0.15) is 0 Å². The second kappa shape index (κ2) is 11.2. The first-order valence-corrected chi connectivity index (χ1v) is 11.8. The summed E-state index contributed by atoms with van der Waals surface area (Å²) in [4.78, 5) is 35.0. The Morgan fingerprint density at radius 1 is 1.03 bits per heavy atom. The Morgan fingerprint density at radius 3 is 2.43 bits per heavy atom. The molecular weight excluding hydrogens is 466 g/mol. The van der Waals surface area contributed by atoms with E-state index in [0.29, 0.717) is 54.8 Å². The van der Waals surface area contributed by atoms with Gasteiger partial charge in [-0.15, -0.1) is 0 Å². The maximum atomic E-state index is 13.4. The van der Waals surface area contributed by atoms with Crippen LogP contribution in [0.2, 0.25) is 5.02 Å². The van der Waals surface area contributed by atoms with Gasteiger partial charge in [0.2, 0.25) is 0 Å². The quantitative estimate of drug-likeness (QED) is 0.522. The van der Waals surface area contributed by atoms with Crippen LogP contribution in [0.1, 0.15) is 11.3 Å². The second-order valence-corrected chi connectivity index (χ2v) is 8.65. The highest BCUT2D eigenvalue weighted by atomic mass is 35.5. The molecule has 8 nitrogen and oxygen atoms in total. The molecule has 3 aromatic rings. The van der Waals surface area contributed by atoms with Crippen molar-refractivity contribution in [1.82, 2.24) is 14.8 Å². The van der Waals surface area contributed by atoms with Gasteiger partial charge < -0.3 is 15.0 Å². The first-order valence-electron chi connectivity index (χ1n) is 11.4. The number of carbonyl (C=O) groups excluding carboxylic acids is 2. The van der Waals surface area contributed by atoms with Crippen LogP contribution in [-0.4, -0.2) is 60.2 Å². The Labute approximate surface area is 210 Å². The van der Waals surface area contributed by atoms with E-state index >= 15 is 0 Å². The summed E-state index contributed by atoms with van der Waals surface area (Å²) in [6.45, 7) is 5.09. The third-order valence-electron chi connectivity index (χ3n) is 5.88. The van der Waals surface area contributed by atoms with Crippen molar-refractivity contribution in [2.24, 2.45) is 0 Å². The number of aromatic nitrogens is 1. The van der Waals surface area contributed by atoms with Crippen molar-refractivity contribution < 1.29 is 14.3 Å². The maximum absolute atomic E-state index is 13.4. The van der Waals surface area contributed by atoms with Gasteiger partial charge in [-0.3, -0.25) is 14.8 Å². The molecule has 0 bridgehead atoms. The van der Waals surface area contributed by atoms with Crippen LogP contribution in [-0.2, 0) is 11.3 Å². The molecule has 0 radical (unpaired) electrons. The molecule has 1 aromatic heterocycles. The van der Waals surface area contributed by atoms with Crippen molar-refractivity contribution in [1.29, 1.82) is 0 Å². The van der Waals surface area contributed by atoms with Gasteiger partial charge in [-0.1, -0.05) is 41.9 Å². The molecule has 182 valence electrons. The largest absolute Gasteiger partial charge is 0.453 e. The number of halogens is 1. The minimum absolute atomic E-state index is 0.307. The summed E-state index contributed by atoms with van der Waals surface area (Å²) in [6.07, 6.45) is 1.32. The number of para-hydroxylation sites is 1. The number of aryl methyl sites for hydroxylation is 1. The number of hydrogen-bond acceptors (Lipinski definition) is 5. The Hall–Kier alpha value is -3.62. The monoisotopic (exact) mass is 493 g/mol. The van der Waals surface area contributed by atoms with Crippen molar-refractivity contribution in [3.05, 3.63) is 83.1 Å². The SMILES string of the molecule is COC(=O)N1CCN(Cc2cccc(N(C(=O)Nc3ccc(C)nc3)c3ccccc3)c2Cl)CC1. The first kappa shape index (κ1) is 24.5. The van der Waals surface area contributed by atoms with E-state index in [-0.39, 0.29) is 12.1 Å². The number of methoxy groups -OCH3 is 1. The van der Waals surface area contributed by atoms with Gasteiger partial charge in [-0.2, -0.15) is 0 Å². The maximum Gasteiger partial charge on any atom is 0.409 e.